The zero-order valence-electron chi connectivity index (χ0n) is 13.5. The lowest BCUT2D eigenvalue weighted by molar-refractivity contribution is -0.148. The van der Waals surface area contributed by atoms with Crippen LogP contribution in [0.3, 0.4) is 0 Å². The Morgan fingerprint density at radius 3 is 3.08 bits per heavy atom. The van der Waals surface area contributed by atoms with Gasteiger partial charge in [-0.05, 0) is 18.1 Å². The average molecular weight is 338 g/mol. The number of carbonyl (C=O) groups excluding carboxylic acids is 1. The number of nitrogens with one attached hydrogen (secondary N) is 1. The predicted molar refractivity (Wildman–Crippen MR) is 89.9 cm³/mol. The third-order valence-corrected chi connectivity index (χ3v) is 5.79. The number of fused-ring (bicyclic) bond motifs is 2. The molecule has 2 saturated heterocycles. The van der Waals surface area contributed by atoms with Crippen LogP contribution >= 0.6 is 0 Å². The van der Waals surface area contributed by atoms with Gasteiger partial charge in [0.15, 0.2) is 0 Å². The Bertz CT molecular complexity index is 917. The third-order valence-electron chi connectivity index (χ3n) is 5.79. The van der Waals surface area contributed by atoms with Crippen LogP contribution in [0, 0.1) is 11.8 Å². The second-order valence-corrected chi connectivity index (χ2v) is 7.11. The molecule has 0 saturated carbocycles. The molecule has 1 aromatic carbocycles. The van der Waals surface area contributed by atoms with Gasteiger partial charge in [-0.1, -0.05) is 30.4 Å². The smallest absolute Gasteiger partial charge is 0.310 e. The van der Waals surface area contributed by atoms with Crippen LogP contribution in [0.1, 0.15) is 5.56 Å². The van der Waals surface area contributed by atoms with Crippen LogP contribution in [0.4, 0.5) is 0 Å². The van der Waals surface area contributed by atoms with Crippen LogP contribution < -0.4 is 0 Å². The Kier molecular flexibility index (Phi) is 2.92. The molecule has 6 nitrogen and oxygen atoms in total. The first kappa shape index (κ1) is 14.7. The van der Waals surface area contributed by atoms with E-state index in [-0.39, 0.29) is 5.91 Å². The van der Waals surface area contributed by atoms with Crippen molar-refractivity contribution >= 4 is 22.8 Å². The molecule has 1 amide bonds. The van der Waals surface area contributed by atoms with Crippen molar-refractivity contribution in [3.63, 3.8) is 0 Å². The van der Waals surface area contributed by atoms with Crippen molar-refractivity contribution < 1.29 is 19.4 Å². The van der Waals surface area contributed by atoms with Crippen LogP contribution in [-0.2, 0) is 20.7 Å². The summed E-state index contributed by atoms with van der Waals surface area (Å²) in [5, 5.41) is 10.7. The van der Waals surface area contributed by atoms with Crippen LogP contribution in [0.2, 0.25) is 0 Å². The minimum atomic E-state index is -0.951. The number of H-pyrrole nitrogens is 1. The van der Waals surface area contributed by atoms with Gasteiger partial charge < -0.3 is 19.7 Å². The van der Waals surface area contributed by atoms with E-state index in [0.29, 0.717) is 13.1 Å². The maximum Gasteiger partial charge on any atom is 0.310 e. The molecule has 0 unspecified atom stereocenters. The van der Waals surface area contributed by atoms with Gasteiger partial charge in [0, 0.05) is 23.6 Å². The number of amides is 1. The quantitative estimate of drug-likeness (QED) is 0.829. The molecule has 128 valence electrons. The number of rotatable bonds is 4. The number of likely N-dealkylation sites (tertiary alicyclic amines) is 1. The normalized spacial score (nSPS) is 32.7. The number of para-hydroxylation sites is 1. The molecule has 5 rings (SSSR count). The van der Waals surface area contributed by atoms with Gasteiger partial charge in [0.05, 0.1) is 18.6 Å². The lowest BCUT2D eigenvalue weighted by Gasteiger charge is -2.21. The summed E-state index contributed by atoms with van der Waals surface area (Å²) in [7, 11) is 0. The molecule has 1 spiro atoms. The highest BCUT2D eigenvalue weighted by atomic mass is 16.5. The molecule has 0 aliphatic carbocycles. The number of benzene rings is 1. The van der Waals surface area contributed by atoms with Gasteiger partial charge in [-0.25, -0.2) is 0 Å². The first-order chi connectivity index (χ1) is 12.1. The summed E-state index contributed by atoms with van der Waals surface area (Å²) in [5.74, 6) is -2.41. The third kappa shape index (κ3) is 1.94. The van der Waals surface area contributed by atoms with E-state index < -0.39 is 29.5 Å². The summed E-state index contributed by atoms with van der Waals surface area (Å²) in [4.78, 5) is 29.4. The number of aromatic nitrogens is 1. The van der Waals surface area contributed by atoms with Crippen LogP contribution in [0.25, 0.3) is 10.9 Å². The number of carbonyl (C=O) groups is 2. The largest absolute Gasteiger partial charge is 0.481 e. The van der Waals surface area contributed by atoms with Crippen molar-refractivity contribution in [3.05, 3.63) is 48.2 Å². The van der Waals surface area contributed by atoms with Crippen LogP contribution in [-0.4, -0.2) is 51.7 Å². The zero-order chi connectivity index (χ0) is 17.2. The lowest BCUT2D eigenvalue weighted by atomic mass is 9.77. The van der Waals surface area contributed by atoms with E-state index in [1.54, 1.807) is 11.0 Å². The molecule has 3 aliphatic heterocycles. The van der Waals surface area contributed by atoms with Crippen molar-refractivity contribution in [1.82, 2.24) is 9.88 Å². The van der Waals surface area contributed by atoms with Gasteiger partial charge in [0.25, 0.3) is 0 Å². The molecule has 4 atom stereocenters. The fourth-order valence-electron chi connectivity index (χ4n) is 4.64. The lowest BCUT2D eigenvalue weighted by Crippen LogP contribution is -2.39. The molecule has 25 heavy (non-hydrogen) atoms. The highest BCUT2D eigenvalue weighted by Gasteiger charge is 2.66. The van der Waals surface area contributed by atoms with E-state index in [2.05, 4.69) is 11.1 Å². The number of hydrogen-bond donors (Lipinski definition) is 2. The molecule has 3 aliphatic rings. The predicted octanol–water partition coefficient (Wildman–Crippen LogP) is 1.58. The standard InChI is InChI=1S/C19H18N2O4/c22-17-16-15(18(23)24)14-5-7-19(16,25-14)10-21(17)8-6-11-9-20-13-4-2-1-3-12(11)13/h1-5,7,9,14-16,20H,6,8,10H2,(H,23,24)/t14-,15-,16-,19+/m1/s1. The summed E-state index contributed by atoms with van der Waals surface area (Å²) < 4.78 is 5.91. The SMILES string of the molecule is O=C(O)[C@@H]1[C@H]2C=C[C@@]3(CN(CCc4c[nH]c5ccccc45)C(=O)[C@@H]13)O2. The molecule has 1 aromatic heterocycles. The maximum atomic E-state index is 12.9. The molecular weight excluding hydrogens is 320 g/mol. The summed E-state index contributed by atoms with van der Waals surface area (Å²) in [5.41, 5.74) is 1.50. The van der Waals surface area contributed by atoms with Crippen molar-refractivity contribution in [1.29, 1.82) is 0 Å². The van der Waals surface area contributed by atoms with E-state index >= 15 is 0 Å². The van der Waals surface area contributed by atoms with Crippen molar-refractivity contribution in [2.24, 2.45) is 11.8 Å². The Morgan fingerprint density at radius 2 is 2.24 bits per heavy atom. The van der Waals surface area contributed by atoms with Gasteiger partial charge in [-0.3, -0.25) is 9.59 Å². The van der Waals surface area contributed by atoms with E-state index in [9.17, 15) is 14.7 Å². The number of nitrogens with zero attached hydrogens (tertiary/aromatic N) is 1. The molecule has 2 fully saturated rings. The first-order valence-corrected chi connectivity index (χ1v) is 8.53. The van der Waals surface area contributed by atoms with Gasteiger partial charge in [0.1, 0.15) is 11.5 Å². The Labute approximate surface area is 144 Å². The van der Waals surface area contributed by atoms with Crippen molar-refractivity contribution in [2.45, 2.75) is 18.1 Å². The van der Waals surface area contributed by atoms with Gasteiger partial charge in [-0.2, -0.15) is 0 Å². The van der Waals surface area contributed by atoms with Gasteiger partial charge in [0.2, 0.25) is 5.91 Å². The Balaban J connectivity index is 1.37. The topological polar surface area (TPSA) is 82.6 Å². The second kappa shape index (κ2) is 4.95. The summed E-state index contributed by atoms with van der Waals surface area (Å²) in [6, 6.07) is 8.07. The molecular formula is C19H18N2O4. The van der Waals surface area contributed by atoms with Crippen molar-refractivity contribution in [3.8, 4) is 0 Å². The Morgan fingerprint density at radius 1 is 1.40 bits per heavy atom. The minimum Gasteiger partial charge on any atom is -0.481 e. The van der Waals surface area contributed by atoms with Gasteiger partial charge >= 0.3 is 5.97 Å². The summed E-state index contributed by atoms with van der Waals surface area (Å²) in [6.45, 7) is 1.00. The highest BCUT2D eigenvalue weighted by molar-refractivity contribution is 5.91. The number of ether oxygens (including phenoxy) is 1. The summed E-state index contributed by atoms with van der Waals surface area (Å²) in [6.07, 6.45) is 5.93. The molecule has 2 aromatic rings. The van der Waals surface area contributed by atoms with Crippen molar-refractivity contribution in [2.75, 3.05) is 13.1 Å². The fourth-order valence-corrected chi connectivity index (χ4v) is 4.64. The maximum absolute atomic E-state index is 12.9. The molecule has 0 radical (unpaired) electrons. The minimum absolute atomic E-state index is 0.0981. The monoisotopic (exact) mass is 338 g/mol. The fraction of sp³-hybridized carbons (Fsp3) is 0.368. The number of carboxylic acid groups (broad SMARTS) is 1. The average Bonchev–Trinajstić information content (AvgIpc) is 3.33. The summed E-state index contributed by atoms with van der Waals surface area (Å²) >= 11 is 0. The van der Waals surface area contributed by atoms with Crippen LogP contribution in [0.5, 0.6) is 0 Å². The van der Waals surface area contributed by atoms with E-state index in [1.165, 1.54) is 0 Å². The van der Waals surface area contributed by atoms with E-state index in [4.69, 9.17) is 4.74 Å². The van der Waals surface area contributed by atoms with Gasteiger partial charge in [-0.15, -0.1) is 0 Å². The first-order valence-electron chi connectivity index (χ1n) is 8.53. The van der Waals surface area contributed by atoms with E-state index in [1.807, 2.05) is 30.5 Å². The number of aromatic amines is 1. The number of aliphatic carboxylic acids is 1. The molecule has 4 heterocycles. The zero-order valence-corrected chi connectivity index (χ0v) is 13.5. The highest BCUT2D eigenvalue weighted by Crippen LogP contribution is 2.51. The van der Waals surface area contributed by atoms with E-state index in [0.717, 1.165) is 22.9 Å². The Hall–Kier alpha value is -2.60. The van der Waals surface area contributed by atoms with Crippen LogP contribution in [0.15, 0.2) is 42.6 Å². The molecule has 2 bridgehead atoms. The molecule has 6 heteroatoms. The molecule has 2 N–H and O–H groups in total. The number of carboxylic acids is 1. The second-order valence-electron chi connectivity index (χ2n) is 7.11. The number of hydrogen-bond acceptors (Lipinski definition) is 3.